The van der Waals surface area contributed by atoms with E-state index in [1.54, 1.807) is 12.5 Å². The molecular formula is C6H11NOS. The van der Waals surface area contributed by atoms with Crippen molar-refractivity contribution in [2.75, 3.05) is 13.6 Å². The van der Waals surface area contributed by atoms with Crippen LogP contribution in [0.1, 0.15) is 0 Å². The van der Waals surface area contributed by atoms with Crippen molar-refractivity contribution in [1.82, 2.24) is 5.06 Å². The summed E-state index contributed by atoms with van der Waals surface area (Å²) >= 11 is 1.50. The van der Waals surface area contributed by atoms with Gasteiger partial charge in [-0.3, -0.25) is 0 Å². The summed E-state index contributed by atoms with van der Waals surface area (Å²) in [5, 5.41) is 13.3. The summed E-state index contributed by atoms with van der Waals surface area (Å²) in [6.07, 6.45) is 1.85. The van der Waals surface area contributed by atoms with Crippen molar-refractivity contribution in [3.63, 3.8) is 0 Å². The molecule has 0 saturated heterocycles. The van der Waals surface area contributed by atoms with Crippen LogP contribution in [0, 0.1) is 0 Å². The Balaban J connectivity index is 3.14. The minimum atomic E-state index is 0.556. The minimum Gasteiger partial charge on any atom is -0.314 e. The zero-order valence-corrected chi connectivity index (χ0v) is 6.27. The lowest BCUT2D eigenvalue weighted by atomic mass is 10.6. The average molecular weight is 145 g/mol. The molecule has 0 fully saturated rings. The van der Waals surface area contributed by atoms with Gasteiger partial charge in [0.25, 0.3) is 0 Å². The summed E-state index contributed by atoms with van der Waals surface area (Å²) in [5.74, 6) is 0. The van der Waals surface area contributed by atoms with E-state index in [1.807, 2.05) is 11.5 Å². The zero-order valence-electron chi connectivity index (χ0n) is 5.45. The van der Waals surface area contributed by atoms with Crippen molar-refractivity contribution in [1.29, 1.82) is 0 Å². The van der Waals surface area contributed by atoms with Crippen LogP contribution in [0.25, 0.3) is 0 Å². The molecule has 0 aliphatic heterocycles. The molecule has 0 aromatic heterocycles. The lowest BCUT2D eigenvalue weighted by Gasteiger charge is -2.00. The predicted octanol–water partition coefficient (Wildman–Crippen LogP) is 1.70. The molecule has 2 nitrogen and oxygen atoms in total. The van der Waals surface area contributed by atoms with Gasteiger partial charge in [0.15, 0.2) is 0 Å². The monoisotopic (exact) mass is 145 g/mol. The first-order valence-electron chi connectivity index (χ1n) is 2.58. The fourth-order valence-electron chi connectivity index (χ4n) is 0.307. The molecule has 9 heavy (non-hydrogen) atoms. The first-order valence-corrected chi connectivity index (χ1v) is 3.53. The fourth-order valence-corrected chi connectivity index (χ4v) is 0.615. The van der Waals surface area contributed by atoms with Gasteiger partial charge < -0.3 is 5.21 Å². The van der Waals surface area contributed by atoms with Crippen molar-refractivity contribution in [2.24, 2.45) is 0 Å². The summed E-state index contributed by atoms with van der Waals surface area (Å²) in [5.41, 5.74) is 0. The van der Waals surface area contributed by atoms with Crippen molar-refractivity contribution in [3.05, 3.63) is 23.5 Å². The maximum Gasteiger partial charge on any atom is 0.0423 e. The van der Waals surface area contributed by atoms with E-state index >= 15 is 0 Å². The predicted molar refractivity (Wildman–Crippen MR) is 41.3 cm³/mol. The summed E-state index contributed by atoms with van der Waals surface area (Å²) in [6.45, 7) is 4.07. The Morgan fingerprint density at radius 3 is 2.89 bits per heavy atom. The number of hydroxylamine groups is 2. The number of rotatable bonds is 4. The summed E-state index contributed by atoms with van der Waals surface area (Å²) in [7, 11) is 1.60. The third kappa shape index (κ3) is 7.75. The van der Waals surface area contributed by atoms with Crippen LogP contribution in [0.4, 0.5) is 0 Å². The molecule has 0 atom stereocenters. The second-order valence-corrected chi connectivity index (χ2v) is 2.39. The minimum absolute atomic E-state index is 0.556. The standard InChI is InChI=1S/C6H11NOS/c1-3-9-6-4-5-7(2)8/h3-4,6,8H,1,5H2,2H3/b6-4-. The van der Waals surface area contributed by atoms with Crippen LogP contribution in [-0.4, -0.2) is 23.9 Å². The normalized spacial score (nSPS) is 11.0. The third-order valence-corrected chi connectivity index (χ3v) is 1.18. The number of thioether (sulfide) groups is 1. The molecule has 52 valence electrons. The highest BCUT2D eigenvalue weighted by atomic mass is 32.2. The second-order valence-electron chi connectivity index (χ2n) is 1.51. The Morgan fingerprint density at radius 2 is 2.44 bits per heavy atom. The molecule has 1 N–H and O–H groups in total. The molecule has 0 aromatic rings. The van der Waals surface area contributed by atoms with Gasteiger partial charge in [-0.05, 0) is 10.8 Å². The summed E-state index contributed by atoms with van der Waals surface area (Å²) in [6, 6.07) is 0. The smallest absolute Gasteiger partial charge is 0.0423 e. The molecule has 0 aliphatic carbocycles. The maximum absolute atomic E-state index is 8.60. The molecule has 0 bridgehead atoms. The molecule has 3 heteroatoms. The molecule has 0 aromatic carbocycles. The fraction of sp³-hybridized carbons (Fsp3) is 0.333. The molecular weight excluding hydrogens is 134 g/mol. The number of nitrogens with zero attached hydrogens (tertiary/aromatic N) is 1. The molecule has 0 radical (unpaired) electrons. The van der Waals surface area contributed by atoms with E-state index in [1.165, 1.54) is 11.8 Å². The van der Waals surface area contributed by atoms with Gasteiger partial charge in [-0.25, -0.2) is 0 Å². The van der Waals surface area contributed by atoms with Crippen LogP contribution < -0.4 is 0 Å². The van der Waals surface area contributed by atoms with Gasteiger partial charge in [0, 0.05) is 13.6 Å². The van der Waals surface area contributed by atoms with E-state index in [4.69, 9.17) is 5.21 Å². The molecule has 0 amide bonds. The van der Waals surface area contributed by atoms with Gasteiger partial charge in [0.05, 0.1) is 0 Å². The van der Waals surface area contributed by atoms with Gasteiger partial charge in [0.1, 0.15) is 0 Å². The molecule has 0 heterocycles. The highest BCUT2D eigenvalue weighted by Gasteiger charge is 1.81. The Kier molecular flexibility index (Phi) is 5.72. The van der Waals surface area contributed by atoms with E-state index in [-0.39, 0.29) is 0 Å². The van der Waals surface area contributed by atoms with Crippen LogP contribution in [0.5, 0.6) is 0 Å². The molecule has 0 unspecified atom stereocenters. The van der Waals surface area contributed by atoms with Gasteiger partial charge in [-0.15, -0.1) is 11.8 Å². The summed E-state index contributed by atoms with van der Waals surface area (Å²) in [4.78, 5) is 0. The Hall–Kier alpha value is -0.250. The van der Waals surface area contributed by atoms with Gasteiger partial charge >= 0.3 is 0 Å². The topological polar surface area (TPSA) is 23.5 Å². The molecule has 0 saturated carbocycles. The maximum atomic E-state index is 8.60. The highest BCUT2D eigenvalue weighted by molar-refractivity contribution is 8.04. The van der Waals surface area contributed by atoms with E-state index in [0.717, 1.165) is 5.06 Å². The van der Waals surface area contributed by atoms with Crippen molar-refractivity contribution >= 4 is 11.8 Å². The van der Waals surface area contributed by atoms with Crippen LogP contribution in [-0.2, 0) is 0 Å². The first-order chi connectivity index (χ1) is 4.27. The number of hydrogen-bond acceptors (Lipinski definition) is 3. The molecule has 0 rings (SSSR count). The number of likely N-dealkylation sites (N-methyl/N-ethyl adjacent to an activating group) is 1. The lowest BCUT2D eigenvalue weighted by Crippen LogP contribution is -2.11. The van der Waals surface area contributed by atoms with Crippen LogP contribution in [0.2, 0.25) is 0 Å². The Morgan fingerprint density at radius 1 is 1.78 bits per heavy atom. The number of hydrogen-bond donors (Lipinski definition) is 1. The van der Waals surface area contributed by atoms with Gasteiger partial charge in [-0.1, -0.05) is 12.7 Å². The largest absolute Gasteiger partial charge is 0.314 e. The van der Waals surface area contributed by atoms with E-state index in [9.17, 15) is 0 Å². The first kappa shape index (κ1) is 8.75. The van der Waals surface area contributed by atoms with Crippen molar-refractivity contribution < 1.29 is 5.21 Å². The SMILES string of the molecule is C=CS/C=C\CN(C)O. The Bertz CT molecular complexity index is 101. The average Bonchev–Trinajstić information content (AvgIpc) is 1.80. The zero-order chi connectivity index (χ0) is 7.11. The van der Waals surface area contributed by atoms with Crippen LogP contribution >= 0.6 is 11.8 Å². The summed E-state index contributed by atoms with van der Waals surface area (Å²) < 4.78 is 0. The van der Waals surface area contributed by atoms with Gasteiger partial charge in [0.2, 0.25) is 0 Å². The quantitative estimate of drug-likeness (QED) is 0.609. The third-order valence-electron chi connectivity index (χ3n) is 0.641. The van der Waals surface area contributed by atoms with Crippen LogP contribution in [0.3, 0.4) is 0 Å². The van der Waals surface area contributed by atoms with E-state index < -0.39 is 0 Å². The van der Waals surface area contributed by atoms with E-state index in [0.29, 0.717) is 6.54 Å². The molecule has 0 aliphatic rings. The van der Waals surface area contributed by atoms with Crippen molar-refractivity contribution in [3.8, 4) is 0 Å². The van der Waals surface area contributed by atoms with Crippen molar-refractivity contribution in [2.45, 2.75) is 0 Å². The Labute approximate surface area is 59.8 Å². The second kappa shape index (κ2) is 5.88. The van der Waals surface area contributed by atoms with Crippen LogP contribution in [0.15, 0.2) is 23.5 Å². The van der Waals surface area contributed by atoms with E-state index in [2.05, 4.69) is 6.58 Å². The van der Waals surface area contributed by atoms with Gasteiger partial charge in [-0.2, -0.15) is 5.06 Å². The molecule has 0 spiro atoms. The highest BCUT2D eigenvalue weighted by Crippen LogP contribution is 2.00. The lowest BCUT2D eigenvalue weighted by molar-refractivity contribution is -0.0533.